The number of nitrogens with one attached hydrogen (secondary N) is 1. The summed E-state index contributed by atoms with van der Waals surface area (Å²) in [5, 5.41) is 3.42. The number of hydrogen-bond donors (Lipinski definition) is 1. The molecule has 6 rings (SSSR count). The minimum Gasteiger partial charge on any atom is -0.448 e. The largest absolute Gasteiger partial charge is 0.448 e. The van der Waals surface area contributed by atoms with Crippen molar-refractivity contribution in [3.63, 3.8) is 0 Å². The van der Waals surface area contributed by atoms with Crippen LogP contribution in [-0.4, -0.2) is 53.3 Å². The van der Waals surface area contributed by atoms with E-state index in [-0.39, 0.29) is 32.6 Å². The minimum atomic E-state index is -2.23. The van der Waals surface area contributed by atoms with Crippen LogP contribution < -0.4 is 10.2 Å². The van der Waals surface area contributed by atoms with E-state index in [0.29, 0.717) is 22.4 Å². The van der Waals surface area contributed by atoms with Crippen molar-refractivity contribution in [2.24, 2.45) is 0 Å². The Morgan fingerprint density at radius 3 is 2.08 bits per heavy atom. The van der Waals surface area contributed by atoms with E-state index in [1.807, 2.05) is 42.5 Å². The lowest BCUT2D eigenvalue weighted by Crippen LogP contribution is -2.58. The van der Waals surface area contributed by atoms with Gasteiger partial charge in [0.2, 0.25) is 5.91 Å². The second-order valence-electron chi connectivity index (χ2n) is 11.7. The molecule has 0 bridgehead atoms. The zero-order valence-electron chi connectivity index (χ0n) is 27.2. The molecule has 256 valence electrons. The van der Waals surface area contributed by atoms with Gasteiger partial charge in [0.15, 0.2) is 6.10 Å². The topological polar surface area (TPSA) is 141 Å². The van der Waals surface area contributed by atoms with E-state index in [2.05, 4.69) is 5.32 Å². The lowest BCUT2D eigenvalue weighted by molar-refractivity contribution is -0.260. The number of anilines is 1. The van der Waals surface area contributed by atoms with Crippen LogP contribution in [0.25, 0.3) is 0 Å². The lowest BCUT2D eigenvalue weighted by atomic mass is 10.0. The second kappa shape index (κ2) is 15.0. The fraction of sp³-hybridized carbons (Fsp3) is 0.237. The normalized spacial score (nSPS) is 18.4. The molecule has 2 heterocycles. The number of esters is 2. The predicted octanol–water partition coefficient (Wildman–Crippen LogP) is 4.97. The minimum absolute atomic E-state index is 0.0205. The maximum Gasteiger partial charge on any atom is 0.407 e. The molecule has 1 N–H and O–H groups in total. The van der Waals surface area contributed by atoms with Crippen molar-refractivity contribution in [1.29, 1.82) is 0 Å². The molecule has 2 unspecified atom stereocenters. The Kier molecular flexibility index (Phi) is 10.2. The average Bonchev–Trinajstić information content (AvgIpc) is 3.73. The van der Waals surface area contributed by atoms with Gasteiger partial charge < -0.3 is 19.5 Å². The number of carbonyl (C=O) groups excluding carboxylic acids is 5. The molecule has 2 saturated heterocycles. The van der Waals surface area contributed by atoms with Crippen LogP contribution in [0.3, 0.4) is 0 Å². The summed E-state index contributed by atoms with van der Waals surface area (Å²) in [6, 6.07) is 32.8. The summed E-state index contributed by atoms with van der Waals surface area (Å²) in [7, 11) is 0. The van der Waals surface area contributed by atoms with Gasteiger partial charge in [0.05, 0.1) is 6.42 Å². The molecule has 2 fully saturated rings. The number of nitrogens with zero attached hydrogens (tertiary/aromatic N) is 2. The van der Waals surface area contributed by atoms with Crippen LogP contribution in [0.15, 0.2) is 115 Å². The van der Waals surface area contributed by atoms with Crippen molar-refractivity contribution in [2.75, 3.05) is 11.5 Å². The number of para-hydroxylation sites is 1. The first-order chi connectivity index (χ1) is 24.3. The van der Waals surface area contributed by atoms with Crippen LogP contribution in [0.2, 0.25) is 0 Å². The molecule has 2 aliphatic heterocycles. The molecule has 0 saturated carbocycles. The van der Waals surface area contributed by atoms with Gasteiger partial charge in [0.1, 0.15) is 19.3 Å². The van der Waals surface area contributed by atoms with Crippen molar-refractivity contribution >= 4 is 35.5 Å². The number of carbonyl (C=O) groups is 5. The molecule has 0 radical (unpaired) electrons. The van der Waals surface area contributed by atoms with Gasteiger partial charge in [0.25, 0.3) is 5.91 Å². The van der Waals surface area contributed by atoms with E-state index in [4.69, 9.17) is 19.0 Å². The fourth-order valence-electron chi connectivity index (χ4n) is 5.99. The molecule has 50 heavy (non-hydrogen) atoms. The van der Waals surface area contributed by atoms with Crippen molar-refractivity contribution in [2.45, 2.75) is 50.8 Å². The fourth-order valence-corrected chi connectivity index (χ4v) is 5.99. The second-order valence-corrected chi connectivity index (χ2v) is 11.7. The van der Waals surface area contributed by atoms with Crippen LogP contribution in [-0.2, 0) is 51.4 Å². The van der Waals surface area contributed by atoms with Gasteiger partial charge in [-0.25, -0.2) is 9.59 Å². The molecule has 4 aromatic carbocycles. The Morgan fingerprint density at radius 1 is 0.880 bits per heavy atom. The Balaban J connectivity index is 1.22. The van der Waals surface area contributed by atoms with E-state index >= 15 is 0 Å². The number of benzene rings is 4. The van der Waals surface area contributed by atoms with E-state index in [1.165, 1.54) is 11.8 Å². The molecule has 0 aromatic heterocycles. The molecule has 4 aromatic rings. The number of cyclic esters (lactones) is 1. The summed E-state index contributed by atoms with van der Waals surface area (Å²) < 4.78 is 16.9. The van der Waals surface area contributed by atoms with Crippen LogP contribution in [0.1, 0.15) is 48.1 Å². The molecular weight excluding hydrogens is 642 g/mol. The van der Waals surface area contributed by atoms with Crippen molar-refractivity contribution in [3.05, 3.63) is 138 Å². The van der Waals surface area contributed by atoms with Gasteiger partial charge in [-0.3, -0.25) is 24.1 Å². The number of alkyl carbamates (subject to hydrolysis) is 1. The van der Waals surface area contributed by atoms with Crippen LogP contribution in [0.4, 0.5) is 10.5 Å². The Morgan fingerprint density at radius 2 is 1.48 bits per heavy atom. The first-order valence-corrected chi connectivity index (χ1v) is 16.1. The molecule has 0 aliphatic carbocycles. The summed E-state index contributed by atoms with van der Waals surface area (Å²) in [5.74, 6) is -2.99. The monoisotopic (exact) mass is 677 g/mol. The standard InChI is InChI=1S/C38H35N3O9/c1-26(42)40(31-20-12-11-19-30(31)23-39-37(46)47-24-27-13-5-2-6-14-27)32-25-48-41(35(32)44)38(22-21-33(43)50-38)36(45)49-34(28-15-7-3-8-16-28)29-17-9-4-10-18-29/h2-20,32,34H,21-25H2,1H3,(H,39,46). The summed E-state index contributed by atoms with van der Waals surface area (Å²) in [6.07, 6.45) is -1.94. The smallest absolute Gasteiger partial charge is 0.407 e. The number of hydroxylamine groups is 2. The van der Waals surface area contributed by atoms with Gasteiger partial charge in [-0.05, 0) is 28.3 Å². The lowest BCUT2D eigenvalue weighted by Gasteiger charge is -2.34. The SMILES string of the molecule is CC(=O)N(c1ccccc1CNC(=O)OCc1ccccc1)C1CON(C2(C(=O)OC(c3ccccc3)c3ccccc3)CCC(=O)O2)C1=O. The molecule has 12 heteroatoms. The van der Waals surface area contributed by atoms with Gasteiger partial charge >= 0.3 is 23.8 Å². The van der Waals surface area contributed by atoms with E-state index in [1.54, 1.807) is 72.8 Å². The van der Waals surface area contributed by atoms with Crippen LogP contribution in [0, 0.1) is 0 Å². The molecule has 2 atom stereocenters. The van der Waals surface area contributed by atoms with Crippen molar-refractivity contribution in [1.82, 2.24) is 10.4 Å². The highest BCUT2D eigenvalue weighted by Crippen LogP contribution is 2.39. The molecule has 2 aliphatic rings. The number of ether oxygens (including phenoxy) is 3. The van der Waals surface area contributed by atoms with Crippen molar-refractivity contribution < 1.29 is 43.0 Å². The van der Waals surface area contributed by atoms with Gasteiger partial charge in [-0.2, -0.15) is 5.06 Å². The molecule has 3 amide bonds. The van der Waals surface area contributed by atoms with Crippen LogP contribution in [0.5, 0.6) is 0 Å². The Bertz CT molecular complexity index is 1820. The zero-order chi connectivity index (χ0) is 35.1. The van der Waals surface area contributed by atoms with E-state index in [0.717, 1.165) is 10.6 Å². The highest BCUT2D eigenvalue weighted by molar-refractivity contribution is 6.02. The average molecular weight is 678 g/mol. The van der Waals surface area contributed by atoms with Gasteiger partial charge in [-0.1, -0.05) is 109 Å². The number of hydrogen-bond acceptors (Lipinski definition) is 9. The third kappa shape index (κ3) is 7.20. The number of rotatable bonds is 11. The summed E-state index contributed by atoms with van der Waals surface area (Å²) >= 11 is 0. The highest BCUT2D eigenvalue weighted by atomic mass is 16.8. The number of amides is 3. The molecular formula is C38H35N3O9. The maximum absolute atomic E-state index is 14.2. The maximum atomic E-state index is 14.2. The van der Waals surface area contributed by atoms with Gasteiger partial charge in [0, 0.05) is 25.6 Å². The Hall–Kier alpha value is -6.01. The summed E-state index contributed by atoms with van der Waals surface area (Å²) in [4.78, 5) is 73.6. The Labute approximate surface area is 288 Å². The zero-order valence-corrected chi connectivity index (χ0v) is 27.2. The quantitative estimate of drug-likeness (QED) is 0.172. The summed E-state index contributed by atoms with van der Waals surface area (Å²) in [6.45, 7) is 1.00. The third-order valence-electron chi connectivity index (χ3n) is 8.41. The first kappa shape index (κ1) is 33.9. The van der Waals surface area contributed by atoms with Crippen LogP contribution >= 0.6 is 0 Å². The molecule has 12 nitrogen and oxygen atoms in total. The first-order valence-electron chi connectivity index (χ1n) is 16.1. The summed E-state index contributed by atoms with van der Waals surface area (Å²) in [5.41, 5.74) is 0.767. The van der Waals surface area contributed by atoms with Gasteiger partial charge in [-0.15, -0.1) is 0 Å². The molecule has 0 spiro atoms. The van der Waals surface area contributed by atoms with Crippen molar-refractivity contribution in [3.8, 4) is 0 Å². The van der Waals surface area contributed by atoms with E-state index < -0.39 is 47.7 Å². The predicted molar refractivity (Wildman–Crippen MR) is 179 cm³/mol. The third-order valence-corrected chi connectivity index (χ3v) is 8.41. The highest BCUT2D eigenvalue weighted by Gasteiger charge is 2.61. The van der Waals surface area contributed by atoms with E-state index in [9.17, 15) is 24.0 Å².